The molecule has 3 unspecified atom stereocenters. The Morgan fingerprint density at radius 3 is 2.19 bits per heavy atom. The molecule has 16 heavy (non-hydrogen) atoms. The van der Waals surface area contributed by atoms with Crippen molar-refractivity contribution in [1.29, 1.82) is 0 Å². The van der Waals surface area contributed by atoms with Crippen LogP contribution in [0.1, 0.15) is 33.1 Å². The normalized spacial score (nSPS) is 16.2. The van der Waals surface area contributed by atoms with Crippen LogP contribution in [0.15, 0.2) is 0 Å². The second kappa shape index (κ2) is 7.19. The van der Waals surface area contributed by atoms with E-state index in [1.54, 1.807) is 6.92 Å². The Hall–Kier alpha value is -1.14. The molecule has 94 valence electrons. The number of rotatable bonds is 7. The molecule has 0 aliphatic carbocycles. The van der Waals surface area contributed by atoms with Crippen LogP contribution in [0.4, 0.5) is 0 Å². The number of esters is 1. The second-order valence-corrected chi connectivity index (χ2v) is 3.78. The van der Waals surface area contributed by atoms with Gasteiger partial charge in [0.05, 0.1) is 6.10 Å². The predicted molar refractivity (Wildman–Crippen MR) is 58.7 cm³/mol. The molecule has 5 N–H and O–H groups in total. The van der Waals surface area contributed by atoms with Crippen molar-refractivity contribution in [3.63, 3.8) is 0 Å². The van der Waals surface area contributed by atoms with E-state index in [-0.39, 0.29) is 18.9 Å². The van der Waals surface area contributed by atoms with Gasteiger partial charge in [0, 0.05) is 0 Å². The molecular weight excluding hydrogens is 212 g/mol. The molecule has 6 nitrogen and oxygen atoms in total. The number of aliphatic carboxylic acids is 1. The van der Waals surface area contributed by atoms with E-state index in [2.05, 4.69) is 0 Å². The summed E-state index contributed by atoms with van der Waals surface area (Å²) in [6.07, 6.45) is 0.911. The Balaban J connectivity index is 3.92. The SMILES string of the molecule is CCC(C)OC(=O)C(N)CCC(N)C(=O)O. The fourth-order valence-corrected chi connectivity index (χ4v) is 0.969. The van der Waals surface area contributed by atoms with Gasteiger partial charge in [-0.3, -0.25) is 9.59 Å². The predicted octanol–water partition coefficient (Wildman–Crippen LogP) is -0.152. The molecule has 0 spiro atoms. The molecule has 6 heteroatoms. The highest BCUT2D eigenvalue weighted by Gasteiger charge is 2.20. The minimum absolute atomic E-state index is 0.159. The highest BCUT2D eigenvalue weighted by molar-refractivity contribution is 5.76. The smallest absolute Gasteiger partial charge is 0.323 e. The fraction of sp³-hybridized carbons (Fsp3) is 0.800. The zero-order chi connectivity index (χ0) is 12.7. The van der Waals surface area contributed by atoms with Crippen LogP contribution in [-0.2, 0) is 14.3 Å². The van der Waals surface area contributed by atoms with E-state index in [0.717, 1.165) is 0 Å². The average molecular weight is 232 g/mol. The van der Waals surface area contributed by atoms with Gasteiger partial charge in [0.25, 0.3) is 0 Å². The Bertz CT molecular complexity index is 245. The minimum atomic E-state index is -1.09. The van der Waals surface area contributed by atoms with Gasteiger partial charge in [-0.2, -0.15) is 0 Å². The van der Waals surface area contributed by atoms with E-state index in [4.69, 9.17) is 21.3 Å². The third-order valence-electron chi connectivity index (χ3n) is 2.30. The van der Waals surface area contributed by atoms with Gasteiger partial charge in [-0.25, -0.2) is 0 Å². The number of hydrogen-bond acceptors (Lipinski definition) is 5. The molecule has 0 saturated heterocycles. The Labute approximate surface area is 94.9 Å². The number of nitrogens with two attached hydrogens (primary N) is 2. The molecule has 0 fully saturated rings. The quantitative estimate of drug-likeness (QED) is 0.525. The topological polar surface area (TPSA) is 116 Å². The summed E-state index contributed by atoms with van der Waals surface area (Å²) in [6.45, 7) is 3.66. The van der Waals surface area contributed by atoms with Crippen molar-refractivity contribution in [3.8, 4) is 0 Å². The van der Waals surface area contributed by atoms with Crippen LogP contribution in [0.5, 0.6) is 0 Å². The Morgan fingerprint density at radius 2 is 1.75 bits per heavy atom. The molecule has 0 aromatic heterocycles. The van der Waals surface area contributed by atoms with Crippen LogP contribution in [0, 0.1) is 0 Å². The zero-order valence-electron chi connectivity index (χ0n) is 9.68. The molecular formula is C10H20N2O4. The van der Waals surface area contributed by atoms with Crippen molar-refractivity contribution in [1.82, 2.24) is 0 Å². The first-order chi connectivity index (χ1) is 7.38. The van der Waals surface area contributed by atoms with Crippen LogP contribution >= 0.6 is 0 Å². The van der Waals surface area contributed by atoms with Crippen molar-refractivity contribution in [2.24, 2.45) is 11.5 Å². The van der Waals surface area contributed by atoms with E-state index in [0.29, 0.717) is 6.42 Å². The van der Waals surface area contributed by atoms with Gasteiger partial charge in [-0.05, 0) is 26.2 Å². The maximum Gasteiger partial charge on any atom is 0.323 e. The minimum Gasteiger partial charge on any atom is -0.480 e. The second-order valence-electron chi connectivity index (χ2n) is 3.78. The standard InChI is InChI=1S/C10H20N2O4/c1-3-6(2)16-10(15)8(12)5-4-7(11)9(13)14/h6-8H,3-5,11-12H2,1-2H3,(H,13,14). The largest absolute Gasteiger partial charge is 0.480 e. The van der Waals surface area contributed by atoms with Crippen LogP contribution in [0.3, 0.4) is 0 Å². The monoisotopic (exact) mass is 232 g/mol. The van der Waals surface area contributed by atoms with Crippen LogP contribution in [0.25, 0.3) is 0 Å². The highest BCUT2D eigenvalue weighted by Crippen LogP contribution is 2.04. The summed E-state index contributed by atoms with van der Waals surface area (Å²) in [5, 5.41) is 8.53. The number of carbonyl (C=O) groups excluding carboxylic acids is 1. The van der Waals surface area contributed by atoms with Gasteiger partial charge in [0.1, 0.15) is 12.1 Å². The molecule has 0 saturated carbocycles. The summed E-state index contributed by atoms with van der Waals surface area (Å²) < 4.78 is 5.00. The van der Waals surface area contributed by atoms with Crippen molar-refractivity contribution in [2.45, 2.75) is 51.3 Å². The summed E-state index contributed by atoms with van der Waals surface area (Å²) >= 11 is 0. The molecule has 0 aromatic carbocycles. The van der Waals surface area contributed by atoms with Gasteiger partial charge in [-0.1, -0.05) is 6.92 Å². The molecule has 3 atom stereocenters. The average Bonchev–Trinajstić information content (AvgIpc) is 2.24. The zero-order valence-corrected chi connectivity index (χ0v) is 9.68. The lowest BCUT2D eigenvalue weighted by Gasteiger charge is -2.16. The van der Waals surface area contributed by atoms with E-state index in [9.17, 15) is 9.59 Å². The maximum absolute atomic E-state index is 11.4. The Morgan fingerprint density at radius 1 is 1.25 bits per heavy atom. The van der Waals surface area contributed by atoms with Crippen LogP contribution < -0.4 is 11.5 Å². The lowest BCUT2D eigenvalue weighted by atomic mass is 10.1. The van der Waals surface area contributed by atoms with Crippen LogP contribution in [-0.4, -0.2) is 35.2 Å². The number of carboxylic acids is 1. The molecule has 0 amide bonds. The highest BCUT2D eigenvalue weighted by atomic mass is 16.5. The molecule has 0 aliphatic rings. The fourth-order valence-electron chi connectivity index (χ4n) is 0.969. The van der Waals surface area contributed by atoms with Gasteiger partial charge >= 0.3 is 11.9 Å². The third-order valence-corrected chi connectivity index (χ3v) is 2.30. The summed E-state index contributed by atoms with van der Waals surface area (Å²) in [5.41, 5.74) is 10.8. The third kappa shape index (κ3) is 5.67. The maximum atomic E-state index is 11.4. The van der Waals surface area contributed by atoms with Gasteiger partial charge in [-0.15, -0.1) is 0 Å². The molecule has 0 heterocycles. The Kier molecular flexibility index (Phi) is 6.67. The van der Waals surface area contributed by atoms with Crippen molar-refractivity contribution < 1.29 is 19.4 Å². The van der Waals surface area contributed by atoms with Crippen molar-refractivity contribution >= 4 is 11.9 Å². The number of carboxylic acid groups (broad SMARTS) is 1. The van der Waals surface area contributed by atoms with Crippen LogP contribution in [0.2, 0.25) is 0 Å². The molecule has 0 bridgehead atoms. The first-order valence-corrected chi connectivity index (χ1v) is 5.32. The number of carbonyl (C=O) groups is 2. The molecule has 0 radical (unpaired) electrons. The number of hydrogen-bond donors (Lipinski definition) is 3. The van der Waals surface area contributed by atoms with E-state index in [1.807, 2.05) is 6.92 Å². The van der Waals surface area contributed by atoms with Gasteiger partial charge < -0.3 is 21.3 Å². The van der Waals surface area contributed by atoms with Crippen molar-refractivity contribution in [2.75, 3.05) is 0 Å². The van der Waals surface area contributed by atoms with E-state index >= 15 is 0 Å². The summed E-state index contributed by atoms with van der Waals surface area (Å²) in [4.78, 5) is 21.8. The van der Waals surface area contributed by atoms with Gasteiger partial charge in [0.15, 0.2) is 0 Å². The molecule has 0 aliphatic heterocycles. The van der Waals surface area contributed by atoms with Gasteiger partial charge in [0.2, 0.25) is 0 Å². The van der Waals surface area contributed by atoms with E-state index < -0.39 is 24.0 Å². The summed E-state index contributed by atoms with van der Waals surface area (Å²) in [6, 6.07) is -1.79. The molecule has 0 aromatic rings. The lowest BCUT2D eigenvalue weighted by Crippen LogP contribution is -2.37. The van der Waals surface area contributed by atoms with Crippen molar-refractivity contribution in [3.05, 3.63) is 0 Å². The summed E-state index contributed by atoms with van der Waals surface area (Å²) in [5.74, 6) is -1.60. The number of ether oxygens (including phenoxy) is 1. The molecule has 0 rings (SSSR count). The first-order valence-electron chi connectivity index (χ1n) is 5.32. The summed E-state index contributed by atoms with van der Waals surface area (Å²) in [7, 11) is 0. The van der Waals surface area contributed by atoms with E-state index in [1.165, 1.54) is 0 Å². The first kappa shape index (κ1) is 14.9. The lowest BCUT2D eigenvalue weighted by molar-refractivity contribution is -0.150.